The van der Waals surface area contributed by atoms with Crippen LogP contribution in [0.1, 0.15) is 36.2 Å². The van der Waals surface area contributed by atoms with Gasteiger partial charge in [-0.1, -0.05) is 0 Å². The maximum Gasteiger partial charge on any atom is 0.164 e. The van der Waals surface area contributed by atoms with Crippen LogP contribution >= 0.6 is 0 Å². The molecule has 2 N–H and O–H groups in total. The molecule has 1 aromatic carbocycles. The first-order valence-electron chi connectivity index (χ1n) is 5.30. The number of nitrogens with two attached hydrogens (primary N) is 1. The topological polar surface area (TPSA) is 52.3 Å². The van der Waals surface area contributed by atoms with Gasteiger partial charge >= 0.3 is 0 Å². The Hall–Kier alpha value is -1.35. The minimum absolute atomic E-state index is 0.0765. The average Bonchev–Trinajstić information content (AvgIpc) is 2.14. The first-order chi connectivity index (χ1) is 7.33. The third-order valence-electron chi connectivity index (χ3n) is 2.35. The number of ether oxygens (including phenoxy) is 1. The summed E-state index contributed by atoms with van der Waals surface area (Å²) in [7, 11) is 1.61. The SMILES string of the molecule is COc1ccc(C(=O)CC(C)(C)N)c(C)c1. The number of carbonyl (C=O) groups excluding carboxylic acids is 1. The van der Waals surface area contributed by atoms with Crippen molar-refractivity contribution in [2.24, 2.45) is 5.73 Å². The zero-order chi connectivity index (χ0) is 12.3. The van der Waals surface area contributed by atoms with Gasteiger partial charge in [0.2, 0.25) is 0 Å². The molecular weight excluding hydrogens is 202 g/mol. The molecule has 0 fully saturated rings. The van der Waals surface area contributed by atoms with Crippen molar-refractivity contribution < 1.29 is 9.53 Å². The summed E-state index contributed by atoms with van der Waals surface area (Å²) in [6, 6.07) is 5.45. The molecule has 0 radical (unpaired) electrons. The molecule has 3 heteroatoms. The van der Waals surface area contributed by atoms with Crippen molar-refractivity contribution in [3.63, 3.8) is 0 Å². The summed E-state index contributed by atoms with van der Waals surface area (Å²) in [6.45, 7) is 5.60. The van der Waals surface area contributed by atoms with E-state index in [4.69, 9.17) is 10.5 Å². The van der Waals surface area contributed by atoms with Crippen molar-refractivity contribution in [2.75, 3.05) is 7.11 Å². The summed E-state index contributed by atoms with van der Waals surface area (Å²) in [6.07, 6.45) is 0.347. The maximum atomic E-state index is 12.0. The van der Waals surface area contributed by atoms with Gasteiger partial charge in [-0.25, -0.2) is 0 Å². The first kappa shape index (κ1) is 12.7. The van der Waals surface area contributed by atoms with Crippen LogP contribution in [0.15, 0.2) is 18.2 Å². The number of benzene rings is 1. The molecule has 0 aliphatic heterocycles. The van der Waals surface area contributed by atoms with E-state index in [1.54, 1.807) is 19.2 Å². The predicted molar refractivity (Wildman–Crippen MR) is 64.9 cm³/mol. The lowest BCUT2D eigenvalue weighted by Crippen LogP contribution is -2.34. The van der Waals surface area contributed by atoms with Crippen LogP contribution in [0.25, 0.3) is 0 Å². The van der Waals surface area contributed by atoms with E-state index in [0.717, 1.165) is 16.9 Å². The molecule has 0 saturated carbocycles. The number of carbonyl (C=O) groups is 1. The smallest absolute Gasteiger partial charge is 0.164 e. The zero-order valence-corrected chi connectivity index (χ0v) is 10.3. The first-order valence-corrected chi connectivity index (χ1v) is 5.30. The molecule has 0 bridgehead atoms. The lowest BCUT2D eigenvalue weighted by atomic mass is 9.93. The molecular formula is C13H19NO2. The Morgan fingerprint density at radius 3 is 2.50 bits per heavy atom. The van der Waals surface area contributed by atoms with Crippen molar-refractivity contribution in [2.45, 2.75) is 32.7 Å². The van der Waals surface area contributed by atoms with Gasteiger partial charge in [0, 0.05) is 17.5 Å². The molecule has 0 unspecified atom stereocenters. The summed E-state index contributed by atoms with van der Waals surface area (Å²) in [5.41, 5.74) is 7.01. The summed E-state index contributed by atoms with van der Waals surface area (Å²) < 4.78 is 5.09. The van der Waals surface area contributed by atoms with E-state index in [2.05, 4.69) is 0 Å². The molecule has 0 spiro atoms. The van der Waals surface area contributed by atoms with Crippen LogP contribution in [0, 0.1) is 6.92 Å². The Balaban J connectivity index is 2.93. The Morgan fingerprint density at radius 1 is 1.44 bits per heavy atom. The molecule has 88 valence electrons. The standard InChI is InChI=1S/C13H19NO2/c1-9-7-10(16-4)5-6-11(9)12(15)8-13(2,3)14/h5-7H,8,14H2,1-4H3. The highest BCUT2D eigenvalue weighted by Crippen LogP contribution is 2.19. The third kappa shape index (κ3) is 3.35. The van der Waals surface area contributed by atoms with Gasteiger partial charge in [0.25, 0.3) is 0 Å². The molecule has 0 aliphatic rings. The second kappa shape index (κ2) is 4.66. The molecule has 0 aliphatic carbocycles. The summed E-state index contributed by atoms with van der Waals surface area (Å²) in [5.74, 6) is 0.841. The number of Topliss-reactive ketones (excluding diaryl/α,β-unsaturated/α-hetero) is 1. The highest BCUT2D eigenvalue weighted by molar-refractivity contribution is 5.98. The largest absolute Gasteiger partial charge is 0.497 e. The summed E-state index contributed by atoms with van der Waals surface area (Å²) in [5, 5.41) is 0. The second-order valence-corrected chi connectivity index (χ2v) is 4.77. The maximum absolute atomic E-state index is 12.0. The predicted octanol–water partition coefficient (Wildman–Crippen LogP) is 2.31. The quantitative estimate of drug-likeness (QED) is 0.794. The van der Waals surface area contributed by atoms with E-state index in [1.807, 2.05) is 26.8 Å². The molecule has 1 rings (SSSR count). The van der Waals surface area contributed by atoms with E-state index in [0.29, 0.717) is 6.42 Å². The summed E-state index contributed by atoms with van der Waals surface area (Å²) >= 11 is 0. The highest BCUT2D eigenvalue weighted by Gasteiger charge is 2.19. The fraction of sp³-hybridized carbons (Fsp3) is 0.462. The minimum Gasteiger partial charge on any atom is -0.497 e. The molecule has 0 amide bonds. The van der Waals surface area contributed by atoms with Crippen molar-refractivity contribution in [3.8, 4) is 5.75 Å². The van der Waals surface area contributed by atoms with E-state index in [-0.39, 0.29) is 5.78 Å². The van der Waals surface area contributed by atoms with Gasteiger partial charge in [-0.3, -0.25) is 4.79 Å². The van der Waals surface area contributed by atoms with E-state index in [1.165, 1.54) is 0 Å². The van der Waals surface area contributed by atoms with E-state index < -0.39 is 5.54 Å². The van der Waals surface area contributed by atoms with Crippen LogP contribution in [0.3, 0.4) is 0 Å². The van der Waals surface area contributed by atoms with Gasteiger partial charge in [-0.2, -0.15) is 0 Å². The van der Waals surface area contributed by atoms with E-state index in [9.17, 15) is 4.79 Å². The van der Waals surface area contributed by atoms with Crippen molar-refractivity contribution in [3.05, 3.63) is 29.3 Å². The number of rotatable bonds is 4. The Labute approximate surface area is 96.6 Å². The van der Waals surface area contributed by atoms with Crippen LogP contribution in [0.2, 0.25) is 0 Å². The Morgan fingerprint density at radius 2 is 2.06 bits per heavy atom. The van der Waals surface area contributed by atoms with Gasteiger partial charge in [-0.15, -0.1) is 0 Å². The minimum atomic E-state index is -0.469. The number of methoxy groups -OCH3 is 1. The van der Waals surface area contributed by atoms with Crippen molar-refractivity contribution in [1.29, 1.82) is 0 Å². The molecule has 0 atom stereocenters. The molecule has 0 heterocycles. The van der Waals surface area contributed by atoms with Gasteiger partial charge < -0.3 is 10.5 Å². The monoisotopic (exact) mass is 221 g/mol. The number of ketones is 1. The van der Waals surface area contributed by atoms with Crippen LogP contribution in [0.4, 0.5) is 0 Å². The second-order valence-electron chi connectivity index (χ2n) is 4.77. The number of hydrogen-bond donors (Lipinski definition) is 1. The van der Waals surface area contributed by atoms with Gasteiger partial charge in [0.05, 0.1) is 7.11 Å². The zero-order valence-electron chi connectivity index (χ0n) is 10.3. The van der Waals surface area contributed by atoms with Gasteiger partial charge in [0.15, 0.2) is 5.78 Å². The van der Waals surface area contributed by atoms with Crippen molar-refractivity contribution in [1.82, 2.24) is 0 Å². The van der Waals surface area contributed by atoms with Crippen molar-refractivity contribution >= 4 is 5.78 Å². The van der Waals surface area contributed by atoms with Crippen LogP contribution < -0.4 is 10.5 Å². The normalized spacial score (nSPS) is 11.3. The average molecular weight is 221 g/mol. The van der Waals surface area contributed by atoms with E-state index >= 15 is 0 Å². The fourth-order valence-corrected chi connectivity index (χ4v) is 1.59. The molecule has 3 nitrogen and oxygen atoms in total. The Bertz CT molecular complexity index is 391. The van der Waals surface area contributed by atoms with Crippen LogP contribution in [0.5, 0.6) is 5.75 Å². The highest BCUT2D eigenvalue weighted by atomic mass is 16.5. The molecule has 0 aromatic heterocycles. The van der Waals surface area contributed by atoms with Gasteiger partial charge in [-0.05, 0) is 44.5 Å². The summed E-state index contributed by atoms with van der Waals surface area (Å²) in [4.78, 5) is 12.0. The van der Waals surface area contributed by atoms with Crippen LogP contribution in [-0.4, -0.2) is 18.4 Å². The molecule has 16 heavy (non-hydrogen) atoms. The van der Waals surface area contributed by atoms with Crippen LogP contribution in [-0.2, 0) is 0 Å². The lowest BCUT2D eigenvalue weighted by molar-refractivity contribution is 0.0959. The molecule has 0 saturated heterocycles. The number of hydrogen-bond acceptors (Lipinski definition) is 3. The Kier molecular flexibility index (Phi) is 3.70. The third-order valence-corrected chi connectivity index (χ3v) is 2.35. The molecule has 1 aromatic rings. The fourth-order valence-electron chi connectivity index (χ4n) is 1.59. The van der Waals surface area contributed by atoms with Gasteiger partial charge in [0.1, 0.15) is 5.75 Å². The number of aryl methyl sites for hydroxylation is 1. The lowest BCUT2D eigenvalue weighted by Gasteiger charge is -2.17.